The minimum Gasteiger partial charge on any atom is -0.469 e. The van der Waals surface area contributed by atoms with Crippen LogP contribution in [0.1, 0.15) is 19.3 Å². The zero-order valence-corrected chi connectivity index (χ0v) is 10.3. The molecule has 0 aliphatic carbocycles. The van der Waals surface area contributed by atoms with E-state index >= 15 is 0 Å². The van der Waals surface area contributed by atoms with E-state index in [1.54, 1.807) is 0 Å². The van der Waals surface area contributed by atoms with Gasteiger partial charge in [0, 0.05) is 0 Å². The maximum Gasteiger partial charge on any atom is 0.307 e. The lowest BCUT2D eigenvalue weighted by molar-refractivity contribution is -0.141. The molecule has 0 aromatic heterocycles. The molecule has 0 radical (unpaired) electrons. The van der Waals surface area contributed by atoms with Gasteiger partial charge >= 0.3 is 5.97 Å². The number of hydrogen-bond donors (Lipinski definition) is 2. The molecule has 2 unspecified atom stereocenters. The van der Waals surface area contributed by atoms with Crippen LogP contribution in [-0.4, -0.2) is 61.3 Å². The predicted octanol–water partition coefficient (Wildman–Crippen LogP) is -0.879. The molecular weight excluding hydrogens is 224 g/mol. The fourth-order valence-corrected chi connectivity index (χ4v) is 1.98. The van der Waals surface area contributed by atoms with Crippen molar-refractivity contribution in [1.82, 2.24) is 10.2 Å². The highest BCUT2D eigenvalue weighted by molar-refractivity contribution is 5.83. The highest BCUT2D eigenvalue weighted by atomic mass is 16.5. The van der Waals surface area contributed by atoms with Crippen molar-refractivity contribution in [2.45, 2.75) is 31.3 Å². The number of carbonyl (C=O) groups excluding carboxylic acids is 2. The molecule has 98 valence electrons. The summed E-state index contributed by atoms with van der Waals surface area (Å²) in [7, 11) is 3.18. The number of carbonyl (C=O) groups is 2. The molecule has 1 amide bonds. The highest BCUT2D eigenvalue weighted by Crippen LogP contribution is 2.14. The molecule has 1 aliphatic heterocycles. The first-order chi connectivity index (χ1) is 8.08. The first-order valence-electron chi connectivity index (χ1n) is 5.76. The average molecular weight is 244 g/mol. The monoisotopic (exact) mass is 244 g/mol. The number of nitrogens with zero attached hydrogens (tertiary/aromatic N) is 1. The topological polar surface area (TPSA) is 78.9 Å². The van der Waals surface area contributed by atoms with E-state index in [4.69, 9.17) is 5.11 Å². The lowest BCUT2D eigenvalue weighted by Crippen LogP contribution is -2.47. The van der Waals surface area contributed by atoms with Crippen molar-refractivity contribution < 1.29 is 19.4 Å². The van der Waals surface area contributed by atoms with Crippen molar-refractivity contribution in [1.29, 1.82) is 0 Å². The molecule has 0 spiro atoms. The van der Waals surface area contributed by atoms with Crippen LogP contribution in [0.3, 0.4) is 0 Å². The number of rotatable bonds is 5. The molecule has 0 aromatic carbocycles. The number of likely N-dealkylation sites (tertiary alicyclic amines) is 1. The van der Waals surface area contributed by atoms with Gasteiger partial charge in [0.15, 0.2) is 0 Å². The number of aliphatic hydroxyl groups excluding tert-OH is 1. The van der Waals surface area contributed by atoms with Crippen LogP contribution in [-0.2, 0) is 14.3 Å². The van der Waals surface area contributed by atoms with Crippen LogP contribution in [0.5, 0.6) is 0 Å². The number of ether oxygens (including phenoxy) is 1. The molecule has 2 atom stereocenters. The van der Waals surface area contributed by atoms with Crippen LogP contribution in [0.4, 0.5) is 0 Å². The molecule has 0 saturated carbocycles. The van der Waals surface area contributed by atoms with E-state index in [9.17, 15) is 9.59 Å². The van der Waals surface area contributed by atoms with Crippen LogP contribution >= 0.6 is 0 Å². The fraction of sp³-hybridized carbons (Fsp3) is 0.818. The number of esters is 1. The number of methoxy groups -OCH3 is 1. The highest BCUT2D eigenvalue weighted by Gasteiger charge is 2.29. The lowest BCUT2D eigenvalue weighted by atomic mass is 10.1. The molecule has 6 heteroatoms. The van der Waals surface area contributed by atoms with Crippen molar-refractivity contribution >= 4 is 11.9 Å². The molecule has 1 saturated heterocycles. The third-order valence-electron chi connectivity index (χ3n) is 3.03. The number of aliphatic hydroxyl groups is 1. The standard InChI is InChI=1S/C11H20N2O4/c1-13-5-3-4-9(13)11(16)12-8(7-14)6-10(15)17-2/h8-9,14H,3-7H2,1-2H3,(H,12,16). The van der Waals surface area contributed by atoms with Crippen LogP contribution in [0.15, 0.2) is 0 Å². The Morgan fingerprint density at radius 3 is 2.76 bits per heavy atom. The van der Waals surface area contributed by atoms with Gasteiger partial charge in [-0.15, -0.1) is 0 Å². The Balaban J connectivity index is 2.44. The van der Waals surface area contributed by atoms with Gasteiger partial charge in [0.05, 0.1) is 32.2 Å². The van der Waals surface area contributed by atoms with Crippen molar-refractivity contribution in [2.75, 3.05) is 27.3 Å². The van der Waals surface area contributed by atoms with E-state index in [0.717, 1.165) is 19.4 Å². The van der Waals surface area contributed by atoms with E-state index in [1.165, 1.54) is 7.11 Å². The molecule has 1 rings (SSSR count). The second-order valence-electron chi connectivity index (χ2n) is 4.31. The van der Waals surface area contributed by atoms with E-state index in [2.05, 4.69) is 10.1 Å². The van der Waals surface area contributed by atoms with E-state index < -0.39 is 12.0 Å². The zero-order chi connectivity index (χ0) is 12.8. The normalized spacial score (nSPS) is 22.2. The Labute approximate surface area is 101 Å². The van der Waals surface area contributed by atoms with E-state index in [0.29, 0.717) is 0 Å². The Morgan fingerprint density at radius 1 is 1.59 bits per heavy atom. The summed E-state index contributed by atoms with van der Waals surface area (Å²) in [6, 6.07) is -0.717. The summed E-state index contributed by atoms with van der Waals surface area (Å²) in [4.78, 5) is 24.9. The number of hydrogen-bond acceptors (Lipinski definition) is 5. The van der Waals surface area contributed by atoms with Gasteiger partial charge in [0.25, 0.3) is 0 Å². The van der Waals surface area contributed by atoms with Gasteiger partial charge in [-0.3, -0.25) is 14.5 Å². The van der Waals surface area contributed by atoms with Crippen LogP contribution in [0, 0.1) is 0 Å². The Kier molecular flexibility index (Phi) is 5.37. The summed E-state index contributed by atoms with van der Waals surface area (Å²) >= 11 is 0. The van der Waals surface area contributed by atoms with Crippen molar-refractivity contribution in [3.8, 4) is 0 Å². The molecule has 0 aromatic rings. The largest absolute Gasteiger partial charge is 0.469 e. The summed E-state index contributed by atoms with van der Waals surface area (Å²) in [6.07, 6.45) is 1.81. The van der Waals surface area contributed by atoms with Gasteiger partial charge < -0.3 is 15.2 Å². The van der Waals surface area contributed by atoms with Gasteiger partial charge in [-0.1, -0.05) is 0 Å². The van der Waals surface area contributed by atoms with Gasteiger partial charge in [-0.2, -0.15) is 0 Å². The van der Waals surface area contributed by atoms with Crippen molar-refractivity contribution in [2.24, 2.45) is 0 Å². The number of amides is 1. The molecule has 1 fully saturated rings. The van der Waals surface area contributed by atoms with Crippen LogP contribution < -0.4 is 5.32 Å². The van der Waals surface area contributed by atoms with Crippen LogP contribution in [0.25, 0.3) is 0 Å². The summed E-state index contributed by atoms with van der Waals surface area (Å²) < 4.78 is 4.50. The third-order valence-corrected chi connectivity index (χ3v) is 3.03. The van der Waals surface area contributed by atoms with E-state index in [1.807, 2.05) is 11.9 Å². The van der Waals surface area contributed by atoms with Crippen molar-refractivity contribution in [3.05, 3.63) is 0 Å². The Hall–Kier alpha value is -1.14. The fourth-order valence-electron chi connectivity index (χ4n) is 1.98. The summed E-state index contributed by atoms with van der Waals surface area (Å²) in [5.41, 5.74) is 0. The predicted molar refractivity (Wildman–Crippen MR) is 61.3 cm³/mol. The zero-order valence-electron chi connectivity index (χ0n) is 10.3. The molecular formula is C11H20N2O4. The Morgan fingerprint density at radius 2 is 2.29 bits per heavy atom. The number of likely N-dealkylation sites (N-methyl/N-ethyl adjacent to an activating group) is 1. The maximum absolute atomic E-state index is 11.9. The summed E-state index contributed by atoms with van der Waals surface area (Å²) in [5.74, 6) is -0.572. The first-order valence-corrected chi connectivity index (χ1v) is 5.76. The maximum atomic E-state index is 11.9. The van der Waals surface area contributed by atoms with Gasteiger partial charge in [-0.25, -0.2) is 0 Å². The van der Waals surface area contributed by atoms with E-state index in [-0.39, 0.29) is 25.0 Å². The minimum atomic E-state index is -0.566. The second kappa shape index (κ2) is 6.56. The molecule has 1 aliphatic rings. The Bertz CT molecular complexity index is 283. The molecule has 0 bridgehead atoms. The third kappa shape index (κ3) is 3.98. The SMILES string of the molecule is COC(=O)CC(CO)NC(=O)C1CCCN1C. The smallest absolute Gasteiger partial charge is 0.307 e. The summed E-state index contributed by atoms with van der Waals surface area (Å²) in [5, 5.41) is 11.8. The van der Waals surface area contributed by atoms with Gasteiger partial charge in [0.1, 0.15) is 0 Å². The van der Waals surface area contributed by atoms with Gasteiger partial charge in [0.2, 0.25) is 5.91 Å². The minimum absolute atomic E-state index is 0.00479. The average Bonchev–Trinajstić information content (AvgIpc) is 2.74. The molecule has 6 nitrogen and oxygen atoms in total. The molecule has 17 heavy (non-hydrogen) atoms. The summed E-state index contributed by atoms with van der Waals surface area (Å²) in [6.45, 7) is 0.635. The first kappa shape index (κ1) is 13.9. The quantitative estimate of drug-likeness (QED) is 0.614. The lowest BCUT2D eigenvalue weighted by Gasteiger charge is -2.22. The second-order valence-corrected chi connectivity index (χ2v) is 4.31. The molecule has 1 heterocycles. The molecule has 2 N–H and O–H groups in total. The van der Waals surface area contributed by atoms with Crippen LogP contribution in [0.2, 0.25) is 0 Å². The van der Waals surface area contributed by atoms with Crippen molar-refractivity contribution in [3.63, 3.8) is 0 Å². The van der Waals surface area contributed by atoms with Gasteiger partial charge in [-0.05, 0) is 26.4 Å². The number of nitrogens with one attached hydrogen (secondary N) is 1.